The minimum Gasteiger partial charge on any atom is -0.496 e. The molecule has 1 aliphatic carbocycles. The number of hydrogen-bond donors (Lipinski definition) is 1. The molecule has 1 aromatic carbocycles. The fourth-order valence-corrected chi connectivity index (χ4v) is 2.59. The minimum absolute atomic E-state index is 0.222. The number of rotatable bonds is 3. The normalized spacial score (nSPS) is 18.0. The van der Waals surface area contributed by atoms with Crippen molar-refractivity contribution < 1.29 is 4.74 Å². The van der Waals surface area contributed by atoms with Crippen molar-refractivity contribution in [3.8, 4) is 5.75 Å². The molecule has 0 radical (unpaired) electrons. The molecule has 1 fully saturated rings. The minimum atomic E-state index is -0.222. The summed E-state index contributed by atoms with van der Waals surface area (Å²) in [4.78, 5) is 0. The Kier molecular flexibility index (Phi) is 3.13. The lowest BCUT2D eigenvalue weighted by molar-refractivity contribution is 0.243. The fourth-order valence-electron chi connectivity index (χ4n) is 2.35. The van der Waals surface area contributed by atoms with Gasteiger partial charge in [-0.05, 0) is 43.4 Å². The van der Waals surface area contributed by atoms with Crippen molar-refractivity contribution in [3.05, 3.63) is 28.3 Å². The molecule has 88 valence electrons. The van der Waals surface area contributed by atoms with Crippen LogP contribution in [-0.4, -0.2) is 7.11 Å². The average Bonchev–Trinajstić information content (AvgIpc) is 2.24. The molecule has 0 atom stereocenters. The molecule has 0 aromatic heterocycles. The molecule has 3 heteroatoms. The van der Waals surface area contributed by atoms with E-state index in [4.69, 9.17) is 22.1 Å². The summed E-state index contributed by atoms with van der Waals surface area (Å²) in [7, 11) is 1.70. The van der Waals surface area contributed by atoms with E-state index in [1.54, 1.807) is 7.11 Å². The third kappa shape index (κ3) is 1.80. The largest absolute Gasteiger partial charge is 0.496 e. The summed E-state index contributed by atoms with van der Waals surface area (Å²) in [5.41, 5.74) is 8.35. The van der Waals surface area contributed by atoms with Crippen LogP contribution >= 0.6 is 11.6 Å². The van der Waals surface area contributed by atoms with E-state index in [0.717, 1.165) is 41.2 Å². The first-order valence-electron chi connectivity index (χ1n) is 5.76. The highest BCUT2D eigenvalue weighted by atomic mass is 35.5. The van der Waals surface area contributed by atoms with Crippen molar-refractivity contribution in [2.45, 2.75) is 38.1 Å². The van der Waals surface area contributed by atoms with Crippen LogP contribution in [0.25, 0.3) is 0 Å². The fraction of sp³-hybridized carbons (Fsp3) is 0.538. The van der Waals surface area contributed by atoms with Crippen LogP contribution in [0.3, 0.4) is 0 Å². The number of halogens is 1. The van der Waals surface area contributed by atoms with Gasteiger partial charge in [0, 0.05) is 16.1 Å². The molecule has 2 nitrogen and oxygen atoms in total. The molecule has 0 unspecified atom stereocenters. The van der Waals surface area contributed by atoms with Crippen molar-refractivity contribution in [1.29, 1.82) is 0 Å². The first-order chi connectivity index (χ1) is 7.60. The smallest absolute Gasteiger partial charge is 0.127 e. The monoisotopic (exact) mass is 239 g/mol. The van der Waals surface area contributed by atoms with Crippen LogP contribution in [0.1, 0.15) is 37.3 Å². The van der Waals surface area contributed by atoms with Gasteiger partial charge in [0.15, 0.2) is 0 Å². The van der Waals surface area contributed by atoms with Gasteiger partial charge in [-0.25, -0.2) is 0 Å². The third-order valence-electron chi connectivity index (χ3n) is 3.50. The number of methoxy groups -OCH3 is 1. The van der Waals surface area contributed by atoms with Crippen LogP contribution in [0.4, 0.5) is 0 Å². The zero-order valence-corrected chi connectivity index (χ0v) is 10.6. The second-order valence-corrected chi connectivity index (χ2v) is 4.95. The Morgan fingerprint density at radius 1 is 1.44 bits per heavy atom. The number of benzene rings is 1. The molecule has 0 amide bonds. The Morgan fingerprint density at radius 3 is 2.56 bits per heavy atom. The second-order valence-electron chi connectivity index (χ2n) is 4.51. The molecular weight excluding hydrogens is 222 g/mol. The zero-order chi connectivity index (χ0) is 11.8. The van der Waals surface area contributed by atoms with E-state index in [1.807, 2.05) is 12.1 Å². The van der Waals surface area contributed by atoms with E-state index in [1.165, 1.54) is 6.42 Å². The Hall–Kier alpha value is -0.730. The molecule has 0 saturated heterocycles. The van der Waals surface area contributed by atoms with E-state index in [9.17, 15) is 0 Å². The van der Waals surface area contributed by atoms with Crippen molar-refractivity contribution in [2.75, 3.05) is 7.11 Å². The maximum absolute atomic E-state index is 6.35. The maximum atomic E-state index is 6.35. The summed E-state index contributed by atoms with van der Waals surface area (Å²) in [6, 6.07) is 3.92. The van der Waals surface area contributed by atoms with Crippen molar-refractivity contribution >= 4 is 11.6 Å². The number of ether oxygens (including phenoxy) is 1. The lowest BCUT2D eigenvalue weighted by atomic mass is 9.72. The maximum Gasteiger partial charge on any atom is 0.127 e. The highest BCUT2D eigenvalue weighted by molar-refractivity contribution is 6.30. The van der Waals surface area contributed by atoms with Crippen LogP contribution in [0.5, 0.6) is 5.75 Å². The molecule has 16 heavy (non-hydrogen) atoms. The van der Waals surface area contributed by atoms with Gasteiger partial charge in [-0.15, -0.1) is 0 Å². The van der Waals surface area contributed by atoms with Crippen LogP contribution in [-0.2, 0) is 12.0 Å². The topological polar surface area (TPSA) is 35.2 Å². The third-order valence-corrected chi connectivity index (χ3v) is 3.72. The Balaban J connectivity index is 2.53. The molecule has 0 spiro atoms. The summed E-state index contributed by atoms with van der Waals surface area (Å²) in [5.74, 6) is 0.925. The predicted octanol–water partition coefficient (Wildman–Crippen LogP) is 3.25. The SMILES string of the molecule is CCc1cc(Cl)cc(C2(N)CCC2)c1OC. The van der Waals surface area contributed by atoms with E-state index < -0.39 is 0 Å². The van der Waals surface area contributed by atoms with Gasteiger partial charge < -0.3 is 10.5 Å². The van der Waals surface area contributed by atoms with E-state index >= 15 is 0 Å². The van der Waals surface area contributed by atoms with Gasteiger partial charge in [-0.3, -0.25) is 0 Å². The summed E-state index contributed by atoms with van der Waals surface area (Å²) < 4.78 is 5.51. The molecule has 1 saturated carbocycles. The van der Waals surface area contributed by atoms with E-state index in [2.05, 4.69) is 6.92 Å². The molecule has 2 N–H and O–H groups in total. The number of hydrogen-bond acceptors (Lipinski definition) is 2. The van der Waals surface area contributed by atoms with Crippen LogP contribution < -0.4 is 10.5 Å². The summed E-state index contributed by atoms with van der Waals surface area (Å²) >= 11 is 6.13. The van der Waals surface area contributed by atoms with Crippen LogP contribution in [0.15, 0.2) is 12.1 Å². The average molecular weight is 240 g/mol. The van der Waals surface area contributed by atoms with Gasteiger partial charge in [0.25, 0.3) is 0 Å². The Labute approximate surface area is 102 Å². The van der Waals surface area contributed by atoms with Gasteiger partial charge in [-0.2, -0.15) is 0 Å². The molecule has 0 bridgehead atoms. The standard InChI is InChI=1S/C13H18ClNO/c1-3-9-7-10(14)8-11(12(9)16-2)13(15)5-4-6-13/h7-8H,3-6,15H2,1-2H3. The van der Waals surface area contributed by atoms with E-state index in [-0.39, 0.29) is 5.54 Å². The zero-order valence-electron chi connectivity index (χ0n) is 9.85. The molecule has 0 heterocycles. The summed E-state index contributed by atoms with van der Waals surface area (Å²) in [6.45, 7) is 2.10. The summed E-state index contributed by atoms with van der Waals surface area (Å²) in [5, 5.41) is 0.754. The lowest BCUT2D eigenvalue weighted by Gasteiger charge is -2.39. The number of aryl methyl sites for hydroxylation is 1. The van der Waals surface area contributed by atoms with Gasteiger partial charge >= 0.3 is 0 Å². The van der Waals surface area contributed by atoms with Gasteiger partial charge in [0.1, 0.15) is 5.75 Å². The predicted molar refractivity (Wildman–Crippen MR) is 67.1 cm³/mol. The van der Waals surface area contributed by atoms with Crippen molar-refractivity contribution in [2.24, 2.45) is 5.73 Å². The molecular formula is C13H18ClNO. The first-order valence-corrected chi connectivity index (χ1v) is 6.14. The highest BCUT2D eigenvalue weighted by Crippen LogP contribution is 2.45. The number of nitrogens with two attached hydrogens (primary N) is 1. The summed E-state index contributed by atoms with van der Waals surface area (Å²) in [6.07, 6.45) is 4.14. The van der Waals surface area contributed by atoms with Gasteiger partial charge in [0.2, 0.25) is 0 Å². The first kappa shape index (κ1) is 11.7. The lowest BCUT2D eigenvalue weighted by Crippen LogP contribution is -2.43. The second kappa shape index (κ2) is 4.27. The van der Waals surface area contributed by atoms with Gasteiger partial charge in [-0.1, -0.05) is 18.5 Å². The molecule has 1 aromatic rings. The Morgan fingerprint density at radius 2 is 2.12 bits per heavy atom. The molecule has 2 rings (SSSR count). The van der Waals surface area contributed by atoms with Gasteiger partial charge in [0.05, 0.1) is 7.11 Å². The molecule has 1 aliphatic rings. The van der Waals surface area contributed by atoms with Crippen LogP contribution in [0.2, 0.25) is 5.02 Å². The highest BCUT2D eigenvalue weighted by Gasteiger charge is 2.37. The quantitative estimate of drug-likeness (QED) is 0.879. The molecule has 0 aliphatic heterocycles. The van der Waals surface area contributed by atoms with Crippen molar-refractivity contribution in [1.82, 2.24) is 0 Å². The van der Waals surface area contributed by atoms with Crippen molar-refractivity contribution in [3.63, 3.8) is 0 Å². The Bertz CT molecular complexity index is 399. The van der Waals surface area contributed by atoms with Crippen LogP contribution in [0, 0.1) is 0 Å². The van der Waals surface area contributed by atoms with E-state index in [0.29, 0.717) is 0 Å².